The molecule has 5 heteroatoms. The monoisotopic (exact) mass is 250 g/mol. The van der Waals surface area contributed by atoms with Gasteiger partial charge in [-0.1, -0.05) is 0 Å². The van der Waals surface area contributed by atoms with Crippen LogP contribution < -0.4 is 10.1 Å². The number of carbonyl (C=O) groups is 1. The highest BCUT2D eigenvalue weighted by atomic mass is 16.5. The minimum atomic E-state index is -0.413. The zero-order valence-corrected chi connectivity index (χ0v) is 10.7. The summed E-state index contributed by atoms with van der Waals surface area (Å²) in [4.78, 5) is 15.6. The van der Waals surface area contributed by atoms with E-state index in [2.05, 4.69) is 10.3 Å². The highest BCUT2D eigenvalue weighted by Crippen LogP contribution is 2.31. The highest BCUT2D eigenvalue weighted by molar-refractivity contribution is 5.91. The van der Waals surface area contributed by atoms with Gasteiger partial charge in [0.05, 0.1) is 7.11 Å². The Bertz CT molecular complexity index is 416. The first-order valence-electron chi connectivity index (χ1n) is 6.09. The number of nitrogens with zero attached hydrogens (tertiary/aromatic N) is 1. The average molecular weight is 250 g/mol. The second-order valence-corrected chi connectivity index (χ2v) is 4.48. The van der Waals surface area contributed by atoms with E-state index in [0.717, 1.165) is 19.4 Å². The van der Waals surface area contributed by atoms with E-state index in [1.807, 2.05) is 7.05 Å². The predicted molar refractivity (Wildman–Crippen MR) is 66.6 cm³/mol. The Balaban J connectivity index is 1.96. The molecule has 18 heavy (non-hydrogen) atoms. The predicted octanol–water partition coefficient (Wildman–Crippen LogP) is 1.24. The summed E-state index contributed by atoms with van der Waals surface area (Å²) in [5.41, 5.74) is 0.386. The van der Waals surface area contributed by atoms with Crippen molar-refractivity contribution in [3.8, 4) is 5.88 Å². The summed E-state index contributed by atoms with van der Waals surface area (Å²) in [6.45, 7) is 1.01. The van der Waals surface area contributed by atoms with Crippen LogP contribution in [0.15, 0.2) is 18.3 Å². The highest BCUT2D eigenvalue weighted by Gasteiger charge is 2.31. The summed E-state index contributed by atoms with van der Waals surface area (Å²) in [5, 5.41) is 3.15. The molecule has 1 aromatic heterocycles. The molecule has 1 N–H and O–H groups in total. The second kappa shape index (κ2) is 5.82. The van der Waals surface area contributed by atoms with Crippen LogP contribution in [0, 0.1) is 5.92 Å². The topological polar surface area (TPSA) is 60.5 Å². The number of nitrogens with one attached hydrogen (secondary N) is 1. The summed E-state index contributed by atoms with van der Waals surface area (Å²) in [5.74, 6) is 0.617. The molecule has 1 fully saturated rings. The molecule has 1 aliphatic rings. The van der Waals surface area contributed by atoms with Crippen LogP contribution in [0.2, 0.25) is 0 Å². The first-order valence-corrected chi connectivity index (χ1v) is 6.09. The molecule has 0 radical (unpaired) electrons. The van der Waals surface area contributed by atoms with Crippen LogP contribution in [0.5, 0.6) is 5.88 Å². The van der Waals surface area contributed by atoms with Crippen molar-refractivity contribution in [1.29, 1.82) is 0 Å². The summed E-state index contributed by atoms with van der Waals surface area (Å²) in [7, 11) is 3.30. The van der Waals surface area contributed by atoms with Crippen LogP contribution in [-0.4, -0.2) is 37.8 Å². The number of methoxy groups -OCH3 is 1. The average Bonchev–Trinajstić information content (AvgIpc) is 2.36. The van der Waals surface area contributed by atoms with Gasteiger partial charge in [0.1, 0.15) is 11.7 Å². The molecule has 1 aliphatic carbocycles. The zero-order valence-electron chi connectivity index (χ0n) is 10.7. The first kappa shape index (κ1) is 12.8. The molecule has 0 atom stereocenters. The quantitative estimate of drug-likeness (QED) is 0.797. The number of esters is 1. The van der Waals surface area contributed by atoms with Crippen LogP contribution >= 0.6 is 0 Å². The van der Waals surface area contributed by atoms with E-state index in [1.54, 1.807) is 18.3 Å². The molecule has 1 saturated carbocycles. The Kier molecular flexibility index (Phi) is 4.15. The molecule has 0 aromatic carbocycles. The Morgan fingerprint density at radius 3 is 3.00 bits per heavy atom. The molecule has 1 heterocycles. The van der Waals surface area contributed by atoms with E-state index in [1.165, 1.54) is 7.11 Å². The SMILES string of the molecule is CNCC1CC(Oc2ncccc2C(=O)OC)C1. The van der Waals surface area contributed by atoms with Crippen molar-refractivity contribution in [2.45, 2.75) is 18.9 Å². The molecule has 98 valence electrons. The largest absolute Gasteiger partial charge is 0.474 e. The van der Waals surface area contributed by atoms with Gasteiger partial charge in [0.2, 0.25) is 5.88 Å². The number of hydrogen-bond acceptors (Lipinski definition) is 5. The van der Waals surface area contributed by atoms with Crippen molar-refractivity contribution in [2.24, 2.45) is 5.92 Å². The van der Waals surface area contributed by atoms with Crippen molar-refractivity contribution in [1.82, 2.24) is 10.3 Å². The Hall–Kier alpha value is -1.62. The Morgan fingerprint density at radius 1 is 1.56 bits per heavy atom. The van der Waals surface area contributed by atoms with Crippen molar-refractivity contribution >= 4 is 5.97 Å². The fourth-order valence-electron chi connectivity index (χ4n) is 2.13. The Labute approximate surface area is 107 Å². The van der Waals surface area contributed by atoms with E-state index in [9.17, 15) is 4.79 Å². The molecule has 0 amide bonds. The first-order chi connectivity index (χ1) is 8.74. The number of aromatic nitrogens is 1. The lowest BCUT2D eigenvalue weighted by Crippen LogP contribution is -2.39. The van der Waals surface area contributed by atoms with Gasteiger partial charge in [-0.2, -0.15) is 0 Å². The summed E-state index contributed by atoms with van der Waals surface area (Å²) in [6.07, 6.45) is 3.77. The van der Waals surface area contributed by atoms with Crippen LogP contribution in [0.25, 0.3) is 0 Å². The van der Waals surface area contributed by atoms with E-state index in [4.69, 9.17) is 9.47 Å². The van der Waals surface area contributed by atoms with Crippen molar-refractivity contribution in [2.75, 3.05) is 20.7 Å². The number of ether oxygens (including phenoxy) is 2. The summed E-state index contributed by atoms with van der Waals surface area (Å²) >= 11 is 0. The van der Waals surface area contributed by atoms with Crippen LogP contribution in [0.4, 0.5) is 0 Å². The van der Waals surface area contributed by atoms with Gasteiger partial charge < -0.3 is 14.8 Å². The normalized spacial score (nSPS) is 22.1. The molecule has 2 rings (SSSR count). The number of carbonyl (C=O) groups excluding carboxylic acids is 1. The van der Waals surface area contributed by atoms with Gasteiger partial charge in [0, 0.05) is 6.20 Å². The minimum Gasteiger partial charge on any atom is -0.474 e. The second-order valence-electron chi connectivity index (χ2n) is 4.48. The van der Waals surface area contributed by atoms with Gasteiger partial charge in [-0.05, 0) is 44.5 Å². The van der Waals surface area contributed by atoms with E-state index in [0.29, 0.717) is 17.4 Å². The molecular formula is C13H18N2O3. The number of rotatable bonds is 5. The standard InChI is InChI=1S/C13H18N2O3/c1-14-8-9-6-10(7-9)18-12-11(13(16)17-2)4-3-5-15-12/h3-5,9-10,14H,6-8H2,1-2H3. The fourth-order valence-corrected chi connectivity index (χ4v) is 2.13. The summed E-state index contributed by atoms with van der Waals surface area (Å²) < 4.78 is 10.4. The van der Waals surface area contributed by atoms with Gasteiger partial charge in [-0.3, -0.25) is 0 Å². The minimum absolute atomic E-state index is 0.154. The van der Waals surface area contributed by atoms with E-state index >= 15 is 0 Å². The third-order valence-corrected chi connectivity index (χ3v) is 3.14. The van der Waals surface area contributed by atoms with Crippen LogP contribution in [-0.2, 0) is 4.74 Å². The maximum atomic E-state index is 11.5. The van der Waals surface area contributed by atoms with Gasteiger partial charge in [-0.15, -0.1) is 0 Å². The molecule has 0 aliphatic heterocycles. The lowest BCUT2D eigenvalue weighted by Gasteiger charge is -2.35. The van der Waals surface area contributed by atoms with Crippen molar-refractivity contribution in [3.05, 3.63) is 23.9 Å². The van der Waals surface area contributed by atoms with Gasteiger partial charge in [0.25, 0.3) is 0 Å². The maximum Gasteiger partial charge on any atom is 0.343 e. The van der Waals surface area contributed by atoms with Crippen molar-refractivity contribution in [3.63, 3.8) is 0 Å². The lowest BCUT2D eigenvalue weighted by atomic mass is 9.82. The summed E-state index contributed by atoms with van der Waals surface area (Å²) in [6, 6.07) is 3.36. The smallest absolute Gasteiger partial charge is 0.343 e. The lowest BCUT2D eigenvalue weighted by molar-refractivity contribution is 0.0517. The number of hydrogen-bond donors (Lipinski definition) is 1. The van der Waals surface area contributed by atoms with Crippen LogP contribution in [0.3, 0.4) is 0 Å². The maximum absolute atomic E-state index is 11.5. The Morgan fingerprint density at radius 2 is 2.33 bits per heavy atom. The van der Waals surface area contributed by atoms with E-state index in [-0.39, 0.29) is 6.10 Å². The molecule has 1 aromatic rings. The van der Waals surface area contributed by atoms with Gasteiger partial charge in [-0.25, -0.2) is 9.78 Å². The molecule has 0 spiro atoms. The fraction of sp³-hybridized carbons (Fsp3) is 0.538. The van der Waals surface area contributed by atoms with Gasteiger partial charge >= 0.3 is 5.97 Å². The molecule has 0 saturated heterocycles. The van der Waals surface area contributed by atoms with Gasteiger partial charge in [0.15, 0.2) is 0 Å². The van der Waals surface area contributed by atoms with E-state index < -0.39 is 5.97 Å². The number of pyridine rings is 1. The molecule has 0 bridgehead atoms. The third kappa shape index (κ3) is 2.79. The van der Waals surface area contributed by atoms with Crippen LogP contribution in [0.1, 0.15) is 23.2 Å². The van der Waals surface area contributed by atoms with Crippen molar-refractivity contribution < 1.29 is 14.3 Å². The third-order valence-electron chi connectivity index (χ3n) is 3.14. The zero-order chi connectivity index (χ0) is 13.0. The molecule has 0 unspecified atom stereocenters. The molecular weight excluding hydrogens is 232 g/mol. The molecule has 5 nitrogen and oxygen atoms in total.